The average molecular weight is 563 g/mol. The molecular formula is C25H21F3N4O6S. The monoisotopic (exact) mass is 562 g/mol. The summed E-state index contributed by atoms with van der Waals surface area (Å²) in [4.78, 5) is 30.1. The summed E-state index contributed by atoms with van der Waals surface area (Å²) >= 11 is 1.31. The highest BCUT2D eigenvalue weighted by Gasteiger charge is 2.45. The van der Waals surface area contributed by atoms with Gasteiger partial charge < -0.3 is 24.1 Å². The Hall–Kier alpha value is -4.20. The summed E-state index contributed by atoms with van der Waals surface area (Å²) in [6.45, 7) is 2.76. The van der Waals surface area contributed by atoms with Crippen LogP contribution in [0.2, 0.25) is 0 Å². The SMILES string of the molecule is CC1(C)NC(=O)N(Cc2nc(-c3ccc(Oc4ccccc4SCC4OC=CO4)c(C(F)(F)F)c3)no2)C1=O. The van der Waals surface area contributed by atoms with E-state index in [1.165, 1.54) is 36.4 Å². The quantitative estimate of drug-likeness (QED) is 0.288. The van der Waals surface area contributed by atoms with E-state index in [1.54, 1.807) is 38.1 Å². The maximum Gasteiger partial charge on any atom is 0.420 e. The number of nitrogens with zero attached hydrogens (tertiary/aromatic N) is 3. The Morgan fingerprint density at radius 1 is 1.10 bits per heavy atom. The van der Waals surface area contributed by atoms with Gasteiger partial charge in [0.15, 0.2) is 0 Å². The maximum atomic E-state index is 14.1. The Kier molecular flexibility index (Phi) is 6.89. The Labute approximate surface area is 224 Å². The predicted molar refractivity (Wildman–Crippen MR) is 130 cm³/mol. The zero-order chi connectivity index (χ0) is 27.8. The summed E-state index contributed by atoms with van der Waals surface area (Å²) in [5.41, 5.74) is -2.13. The normalized spacial score (nSPS) is 16.8. The number of benzene rings is 2. The van der Waals surface area contributed by atoms with E-state index in [4.69, 9.17) is 18.7 Å². The fraction of sp³-hybridized carbons (Fsp3) is 0.280. The van der Waals surface area contributed by atoms with E-state index in [9.17, 15) is 22.8 Å². The van der Waals surface area contributed by atoms with Crippen LogP contribution in [-0.4, -0.2) is 44.6 Å². The molecule has 204 valence electrons. The number of ether oxygens (including phenoxy) is 3. The molecule has 10 nitrogen and oxygen atoms in total. The van der Waals surface area contributed by atoms with Crippen molar-refractivity contribution in [2.75, 3.05) is 5.75 Å². The molecule has 39 heavy (non-hydrogen) atoms. The molecule has 1 N–H and O–H groups in total. The number of hydrogen-bond acceptors (Lipinski definition) is 9. The van der Waals surface area contributed by atoms with Crippen molar-refractivity contribution in [3.8, 4) is 22.9 Å². The molecule has 14 heteroatoms. The minimum Gasteiger partial charge on any atom is -0.458 e. The number of carbonyl (C=O) groups is 2. The Morgan fingerprint density at radius 3 is 2.54 bits per heavy atom. The van der Waals surface area contributed by atoms with E-state index in [1.807, 2.05) is 0 Å². The molecule has 3 heterocycles. The van der Waals surface area contributed by atoms with Gasteiger partial charge in [0.05, 0.1) is 16.2 Å². The van der Waals surface area contributed by atoms with Crippen LogP contribution in [-0.2, 0) is 27.0 Å². The molecule has 3 amide bonds. The van der Waals surface area contributed by atoms with Gasteiger partial charge in [-0.1, -0.05) is 17.3 Å². The van der Waals surface area contributed by atoms with Gasteiger partial charge >= 0.3 is 12.2 Å². The van der Waals surface area contributed by atoms with Crippen LogP contribution in [0.25, 0.3) is 11.4 Å². The number of hydrogen-bond donors (Lipinski definition) is 1. The molecule has 2 aromatic carbocycles. The van der Waals surface area contributed by atoms with Crippen LogP contribution in [0.5, 0.6) is 11.5 Å². The van der Waals surface area contributed by atoms with Crippen molar-refractivity contribution in [1.82, 2.24) is 20.4 Å². The van der Waals surface area contributed by atoms with E-state index in [-0.39, 0.29) is 29.6 Å². The van der Waals surface area contributed by atoms with Crippen molar-refractivity contribution in [3.63, 3.8) is 0 Å². The molecule has 0 saturated carbocycles. The Morgan fingerprint density at radius 2 is 1.85 bits per heavy atom. The van der Waals surface area contributed by atoms with E-state index in [0.717, 1.165) is 11.0 Å². The van der Waals surface area contributed by atoms with Crippen molar-refractivity contribution in [2.45, 2.75) is 43.3 Å². The summed E-state index contributed by atoms with van der Waals surface area (Å²) in [5, 5.41) is 6.25. The minimum absolute atomic E-state index is 0.00731. The highest BCUT2D eigenvalue weighted by Crippen LogP contribution is 2.42. The lowest BCUT2D eigenvalue weighted by Crippen LogP contribution is -2.40. The molecule has 0 atom stereocenters. The number of para-hydroxylation sites is 1. The van der Waals surface area contributed by atoms with Crippen LogP contribution in [0.1, 0.15) is 25.3 Å². The second-order valence-electron chi connectivity index (χ2n) is 9.00. The molecule has 1 saturated heterocycles. The van der Waals surface area contributed by atoms with Crippen molar-refractivity contribution >= 4 is 23.7 Å². The minimum atomic E-state index is -4.76. The summed E-state index contributed by atoms with van der Waals surface area (Å²) in [7, 11) is 0. The number of halogens is 3. The van der Waals surface area contributed by atoms with Gasteiger partial charge in [-0.05, 0) is 44.2 Å². The highest BCUT2D eigenvalue weighted by molar-refractivity contribution is 7.99. The molecule has 0 unspecified atom stereocenters. The van der Waals surface area contributed by atoms with E-state index >= 15 is 0 Å². The molecule has 3 aromatic rings. The van der Waals surface area contributed by atoms with Gasteiger partial charge in [0.2, 0.25) is 18.0 Å². The summed E-state index contributed by atoms with van der Waals surface area (Å²) < 4.78 is 63.5. The first-order valence-electron chi connectivity index (χ1n) is 11.6. The Bertz CT molecular complexity index is 1430. The van der Waals surface area contributed by atoms with Crippen molar-refractivity contribution < 1.29 is 41.5 Å². The van der Waals surface area contributed by atoms with Crippen molar-refractivity contribution in [1.29, 1.82) is 0 Å². The lowest BCUT2D eigenvalue weighted by Gasteiger charge is -2.17. The molecular weight excluding hydrogens is 541 g/mol. The third-order valence-electron chi connectivity index (χ3n) is 5.71. The van der Waals surface area contributed by atoms with Crippen LogP contribution < -0.4 is 10.1 Å². The highest BCUT2D eigenvalue weighted by atomic mass is 32.2. The Balaban J connectivity index is 1.36. The van der Waals surface area contributed by atoms with Gasteiger partial charge in [-0.3, -0.25) is 9.69 Å². The number of carbonyl (C=O) groups excluding carboxylic acids is 2. The number of rotatable bonds is 8. The third kappa shape index (κ3) is 5.65. The van der Waals surface area contributed by atoms with Gasteiger partial charge in [-0.15, -0.1) is 11.8 Å². The maximum absolute atomic E-state index is 14.1. The average Bonchev–Trinajstić information content (AvgIpc) is 3.61. The number of nitrogens with one attached hydrogen (secondary N) is 1. The molecule has 0 bridgehead atoms. The molecule has 2 aliphatic rings. The zero-order valence-electron chi connectivity index (χ0n) is 20.5. The standard InChI is InChI=1S/C25H21F3N4O6S/c1-24(2)22(33)32(23(34)30-24)12-19-29-21(31-38-19)14-7-8-16(15(11-14)25(26,27)28)37-17-5-3-4-6-18(17)39-13-20-35-9-10-36-20/h3-11,20H,12-13H2,1-2H3,(H,30,34). The number of urea groups is 1. The van der Waals surface area contributed by atoms with Crippen LogP contribution in [0.4, 0.5) is 18.0 Å². The van der Waals surface area contributed by atoms with E-state index in [2.05, 4.69) is 15.5 Å². The molecule has 0 radical (unpaired) electrons. The lowest BCUT2D eigenvalue weighted by atomic mass is 10.1. The van der Waals surface area contributed by atoms with Crippen LogP contribution in [0, 0.1) is 0 Å². The summed E-state index contributed by atoms with van der Waals surface area (Å²) in [6, 6.07) is 9.42. The third-order valence-corrected chi connectivity index (χ3v) is 6.80. The van der Waals surface area contributed by atoms with Gasteiger partial charge in [0, 0.05) is 5.56 Å². The molecule has 0 aliphatic carbocycles. The van der Waals surface area contributed by atoms with E-state index < -0.39 is 41.3 Å². The van der Waals surface area contributed by atoms with Gasteiger partial charge in [0.1, 0.15) is 36.1 Å². The summed E-state index contributed by atoms with van der Waals surface area (Å²) in [5.74, 6) is -0.553. The zero-order valence-corrected chi connectivity index (χ0v) is 21.3. The molecule has 5 rings (SSSR count). The fourth-order valence-corrected chi connectivity index (χ4v) is 4.69. The molecule has 0 spiro atoms. The second-order valence-corrected chi connectivity index (χ2v) is 10.1. The number of thioether (sulfide) groups is 1. The molecule has 1 fully saturated rings. The molecule has 1 aromatic heterocycles. The fourth-order valence-electron chi connectivity index (χ4n) is 3.79. The first-order chi connectivity index (χ1) is 18.5. The van der Waals surface area contributed by atoms with E-state index in [0.29, 0.717) is 10.6 Å². The van der Waals surface area contributed by atoms with Crippen molar-refractivity contribution in [2.24, 2.45) is 0 Å². The van der Waals surface area contributed by atoms with Gasteiger partial charge in [-0.25, -0.2) is 4.79 Å². The predicted octanol–water partition coefficient (Wildman–Crippen LogP) is 5.31. The van der Waals surface area contributed by atoms with Crippen LogP contribution in [0.15, 0.2) is 64.4 Å². The number of aromatic nitrogens is 2. The lowest BCUT2D eigenvalue weighted by molar-refractivity contribution is -0.138. The second kappa shape index (κ2) is 10.2. The number of amides is 3. The first kappa shape index (κ1) is 26.4. The van der Waals surface area contributed by atoms with Crippen molar-refractivity contribution in [3.05, 3.63) is 66.4 Å². The van der Waals surface area contributed by atoms with Crippen LogP contribution in [0.3, 0.4) is 0 Å². The first-order valence-corrected chi connectivity index (χ1v) is 12.5. The van der Waals surface area contributed by atoms with Gasteiger partial charge in [0.25, 0.3) is 5.91 Å². The van der Waals surface area contributed by atoms with Crippen LogP contribution >= 0.6 is 11.8 Å². The molecule has 2 aliphatic heterocycles. The number of imide groups is 1. The smallest absolute Gasteiger partial charge is 0.420 e. The topological polar surface area (TPSA) is 116 Å². The number of alkyl halides is 3. The largest absolute Gasteiger partial charge is 0.458 e. The van der Waals surface area contributed by atoms with Gasteiger partial charge in [-0.2, -0.15) is 18.2 Å². The summed E-state index contributed by atoms with van der Waals surface area (Å²) in [6.07, 6.45) is -2.43.